The first kappa shape index (κ1) is 17.0. The van der Waals surface area contributed by atoms with E-state index in [1.165, 1.54) is 18.3 Å². The number of nitrogens with zero attached hydrogens (tertiary/aromatic N) is 3. The quantitative estimate of drug-likeness (QED) is 0.619. The molecule has 0 saturated heterocycles. The zero-order valence-electron chi connectivity index (χ0n) is 12.3. The number of aromatic hydroxyl groups is 1. The van der Waals surface area contributed by atoms with Gasteiger partial charge in [0.25, 0.3) is 5.56 Å². The second kappa shape index (κ2) is 6.55. The van der Waals surface area contributed by atoms with Crippen LogP contribution in [-0.4, -0.2) is 21.0 Å². The van der Waals surface area contributed by atoms with Gasteiger partial charge in [-0.15, -0.1) is 0 Å². The van der Waals surface area contributed by atoms with E-state index in [-0.39, 0.29) is 16.3 Å². The van der Waals surface area contributed by atoms with Crippen LogP contribution >= 0.6 is 39.1 Å². The van der Waals surface area contributed by atoms with Crippen LogP contribution in [0.4, 0.5) is 0 Å². The van der Waals surface area contributed by atoms with Crippen LogP contribution in [0.3, 0.4) is 0 Å². The summed E-state index contributed by atoms with van der Waals surface area (Å²) in [4.78, 5) is 17.0. The van der Waals surface area contributed by atoms with Crippen LogP contribution in [0.15, 0.2) is 44.7 Å². The van der Waals surface area contributed by atoms with Gasteiger partial charge in [0.05, 0.1) is 22.1 Å². The molecule has 5 nitrogen and oxygen atoms in total. The highest BCUT2D eigenvalue weighted by molar-refractivity contribution is 9.10. The average molecular weight is 427 g/mol. The van der Waals surface area contributed by atoms with E-state index < -0.39 is 0 Å². The summed E-state index contributed by atoms with van der Waals surface area (Å²) in [5.41, 5.74) is 0.566. The molecule has 24 heavy (non-hydrogen) atoms. The van der Waals surface area contributed by atoms with Crippen molar-refractivity contribution in [2.24, 2.45) is 5.10 Å². The summed E-state index contributed by atoms with van der Waals surface area (Å²) < 4.78 is 1.93. The molecule has 0 radical (unpaired) electrons. The third kappa shape index (κ3) is 3.17. The molecule has 3 aromatic rings. The normalized spacial score (nSPS) is 11.5. The van der Waals surface area contributed by atoms with Crippen molar-refractivity contribution in [3.63, 3.8) is 0 Å². The molecule has 1 aromatic heterocycles. The third-order valence-corrected chi connectivity index (χ3v) is 4.34. The molecule has 0 bridgehead atoms. The number of phenols is 1. The number of hydrogen-bond acceptors (Lipinski definition) is 4. The predicted molar refractivity (Wildman–Crippen MR) is 99.6 cm³/mol. The minimum absolute atomic E-state index is 0.105. The van der Waals surface area contributed by atoms with Gasteiger partial charge in [-0.2, -0.15) is 9.78 Å². The molecule has 0 aliphatic heterocycles. The average Bonchev–Trinajstić information content (AvgIpc) is 2.52. The fourth-order valence-electron chi connectivity index (χ4n) is 2.20. The summed E-state index contributed by atoms with van der Waals surface area (Å²) >= 11 is 15.1. The first-order chi connectivity index (χ1) is 11.4. The van der Waals surface area contributed by atoms with Crippen LogP contribution < -0.4 is 5.56 Å². The molecule has 122 valence electrons. The van der Waals surface area contributed by atoms with Gasteiger partial charge in [0.15, 0.2) is 0 Å². The Labute approximate surface area is 155 Å². The highest BCUT2D eigenvalue weighted by atomic mass is 79.9. The van der Waals surface area contributed by atoms with E-state index in [2.05, 4.69) is 26.0 Å². The van der Waals surface area contributed by atoms with Crippen molar-refractivity contribution in [3.05, 3.63) is 66.6 Å². The van der Waals surface area contributed by atoms with Crippen LogP contribution in [-0.2, 0) is 0 Å². The molecular weight excluding hydrogens is 417 g/mol. The maximum absolute atomic E-state index is 12.6. The van der Waals surface area contributed by atoms with E-state index in [0.717, 1.165) is 9.15 Å². The highest BCUT2D eigenvalue weighted by Crippen LogP contribution is 2.30. The Kier molecular flexibility index (Phi) is 4.62. The molecule has 0 atom stereocenters. The predicted octanol–water partition coefficient (Wildman–Crippen LogP) is 4.36. The van der Waals surface area contributed by atoms with Gasteiger partial charge in [0.2, 0.25) is 0 Å². The largest absolute Gasteiger partial charge is 0.506 e. The molecule has 2 aromatic carbocycles. The SMILES string of the molecule is Cc1nc2ccc(Br)cc2c(=O)n1/N=C/c1cc(Cl)cc(Cl)c1O. The number of hydrogen-bond donors (Lipinski definition) is 1. The summed E-state index contributed by atoms with van der Waals surface area (Å²) in [6, 6.07) is 8.17. The maximum atomic E-state index is 12.6. The monoisotopic (exact) mass is 425 g/mol. The van der Waals surface area contributed by atoms with E-state index in [9.17, 15) is 9.90 Å². The van der Waals surface area contributed by atoms with Crippen LogP contribution in [0, 0.1) is 6.92 Å². The third-order valence-electron chi connectivity index (χ3n) is 3.34. The summed E-state index contributed by atoms with van der Waals surface area (Å²) in [5, 5.41) is 15.0. The molecule has 0 aliphatic rings. The molecule has 0 fully saturated rings. The number of phenolic OH excluding ortho intramolecular Hbond substituents is 1. The van der Waals surface area contributed by atoms with Gasteiger partial charge in [-0.3, -0.25) is 4.79 Å². The van der Waals surface area contributed by atoms with Gasteiger partial charge >= 0.3 is 0 Å². The number of fused-ring (bicyclic) bond motifs is 1. The number of rotatable bonds is 2. The molecule has 0 saturated carbocycles. The Morgan fingerprint density at radius 3 is 2.79 bits per heavy atom. The van der Waals surface area contributed by atoms with E-state index in [4.69, 9.17) is 23.2 Å². The lowest BCUT2D eigenvalue weighted by atomic mass is 10.2. The van der Waals surface area contributed by atoms with Gasteiger partial charge in [-0.1, -0.05) is 39.1 Å². The fraction of sp³-hybridized carbons (Fsp3) is 0.0625. The first-order valence-electron chi connectivity index (χ1n) is 6.78. The molecule has 8 heteroatoms. The first-order valence-corrected chi connectivity index (χ1v) is 8.33. The molecule has 1 N–H and O–H groups in total. The highest BCUT2D eigenvalue weighted by Gasteiger charge is 2.09. The van der Waals surface area contributed by atoms with E-state index in [1.807, 2.05) is 6.07 Å². The minimum Gasteiger partial charge on any atom is -0.506 e. The Morgan fingerprint density at radius 2 is 2.04 bits per heavy atom. The second-order valence-electron chi connectivity index (χ2n) is 5.01. The molecule has 1 heterocycles. The second-order valence-corrected chi connectivity index (χ2v) is 6.77. The zero-order chi connectivity index (χ0) is 17.4. The molecule has 0 spiro atoms. The van der Waals surface area contributed by atoms with Gasteiger partial charge in [0.1, 0.15) is 11.6 Å². The fourth-order valence-corrected chi connectivity index (χ4v) is 3.07. The summed E-state index contributed by atoms with van der Waals surface area (Å²) in [6.45, 7) is 1.67. The Balaban J connectivity index is 2.15. The van der Waals surface area contributed by atoms with Gasteiger partial charge in [-0.25, -0.2) is 4.98 Å². The number of aromatic nitrogens is 2. The van der Waals surface area contributed by atoms with Crippen LogP contribution in [0.25, 0.3) is 10.9 Å². The Morgan fingerprint density at radius 1 is 1.29 bits per heavy atom. The van der Waals surface area contributed by atoms with E-state index >= 15 is 0 Å². The number of halogens is 3. The number of benzene rings is 2. The van der Waals surface area contributed by atoms with E-state index in [0.29, 0.717) is 27.3 Å². The van der Waals surface area contributed by atoms with Crippen LogP contribution in [0.2, 0.25) is 10.0 Å². The molecule has 3 rings (SSSR count). The lowest BCUT2D eigenvalue weighted by Gasteiger charge is -2.06. The molecule has 0 aliphatic carbocycles. The van der Waals surface area contributed by atoms with Crippen molar-refractivity contribution in [3.8, 4) is 5.75 Å². The van der Waals surface area contributed by atoms with Gasteiger partial charge < -0.3 is 5.11 Å². The molecule has 0 unspecified atom stereocenters. The van der Waals surface area contributed by atoms with Crippen molar-refractivity contribution >= 4 is 56.2 Å². The standard InChI is InChI=1S/C16H10BrCl2N3O2/c1-8-21-14-3-2-10(17)5-12(14)16(24)22(8)20-7-9-4-11(18)6-13(19)15(9)23/h2-7,23H,1H3/b20-7+. The minimum atomic E-state index is -0.317. The van der Waals surface area contributed by atoms with Gasteiger partial charge in [-0.05, 0) is 37.3 Å². The zero-order valence-corrected chi connectivity index (χ0v) is 15.4. The lowest BCUT2D eigenvalue weighted by molar-refractivity contribution is 0.474. The van der Waals surface area contributed by atoms with Crippen LogP contribution in [0.1, 0.15) is 11.4 Å². The summed E-state index contributed by atoms with van der Waals surface area (Å²) in [7, 11) is 0. The van der Waals surface area contributed by atoms with Crippen LogP contribution in [0.5, 0.6) is 5.75 Å². The number of aryl methyl sites for hydroxylation is 1. The Hall–Kier alpha value is -1.89. The lowest BCUT2D eigenvalue weighted by Crippen LogP contribution is -2.20. The van der Waals surface area contributed by atoms with Crippen molar-refractivity contribution in [1.29, 1.82) is 0 Å². The van der Waals surface area contributed by atoms with Gasteiger partial charge in [0, 0.05) is 15.1 Å². The Bertz CT molecular complexity index is 1050. The van der Waals surface area contributed by atoms with Crippen molar-refractivity contribution in [2.75, 3.05) is 0 Å². The summed E-state index contributed by atoms with van der Waals surface area (Å²) in [5.74, 6) is 0.255. The smallest absolute Gasteiger partial charge is 0.282 e. The summed E-state index contributed by atoms with van der Waals surface area (Å²) in [6.07, 6.45) is 1.31. The molecular formula is C16H10BrCl2N3O2. The van der Waals surface area contributed by atoms with Crippen molar-refractivity contribution in [2.45, 2.75) is 6.92 Å². The maximum Gasteiger partial charge on any atom is 0.282 e. The van der Waals surface area contributed by atoms with Crippen molar-refractivity contribution in [1.82, 2.24) is 9.66 Å². The van der Waals surface area contributed by atoms with E-state index in [1.54, 1.807) is 19.1 Å². The topological polar surface area (TPSA) is 67.5 Å². The molecule has 0 amide bonds. The van der Waals surface area contributed by atoms with Crippen molar-refractivity contribution < 1.29 is 5.11 Å².